The van der Waals surface area contributed by atoms with Crippen LogP contribution in [-0.4, -0.2) is 18.1 Å². The molecule has 0 spiro atoms. The second-order valence-electron chi connectivity index (χ2n) is 4.98. The van der Waals surface area contributed by atoms with Crippen molar-refractivity contribution in [3.8, 4) is 5.75 Å². The number of hydrogen-bond donors (Lipinski definition) is 1. The van der Waals surface area contributed by atoms with Gasteiger partial charge in [0.05, 0.1) is 12.8 Å². The minimum Gasteiger partial charge on any atom is -0.492 e. The Morgan fingerprint density at radius 1 is 1.22 bits per heavy atom. The molecule has 0 amide bonds. The Hall–Kier alpha value is -1.09. The van der Waals surface area contributed by atoms with E-state index in [0.717, 1.165) is 31.7 Å². The summed E-state index contributed by atoms with van der Waals surface area (Å²) in [7, 11) is 0. The van der Waals surface area contributed by atoms with Crippen LogP contribution in [0.25, 0.3) is 0 Å². The highest BCUT2D eigenvalue weighted by Gasteiger charge is 2.15. The van der Waals surface area contributed by atoms with E-state index >= 15 is 0 Å². The summed E-state index contributed by atoms with van der Waals surface area (Å²) >= 11 is 0. The number of aromatic nitrogens is 1. The number of pyridine rings is 1. The Kier molecular flexibility index (Phi) is 6.73. The fourth-order valence-electron chi connectivity index (χ4n) is 1.94. The summed E-state index contributed by atoms with van der Waals surface area (Å²) in [6, 6.07) is 2.46. The monoisotopic (exact) mass is 250 g/mol. The second-order valence-corrected chi connectivity index (χ2v) is 4.98. The normalized spacial score (nSPS) is 12.7. The Bertz CT molecular complexity index is 339. The Balaban J connectivity index is 2.77. The highest BCUT2D eigenvalue weighted by Crippen LogP contribution is 2.24. The van der Waals surface area contributed by atoms with Crippen LogP contribution >= 0.6 is 0 Å². The van der Waals surface area contributed by atoms with E-state index in [2.05, 4.69) is 44.1 Å². The van der Waals surface area contributed by atoms with Gasteiger partial charge in [-0.1, -0.05) is 27.7 Å². The van der Waals surface area contributed by atoms with Crippen LogP contribution in [0.1, 0.15) is 52.1 Å². The molecule has 1 aromatic rings. The average Bonchev–Trinajstić information content (AvgIpc) is 2.37. The molecule has 0 saturated heterocycles. The predicted octanol–water partition coefficient (Wildman–Crippen LogP) is 3.57. The average molecular weight is 250 g/mol. The van der Waals surface area contributed by atoms with E-state index in [1.807, 2.05) is 6.20 Å². The van der Waals surface area contributed by atoms with E-state index < -0.39 is 0 Å². The molecule has 1 heterocycles. The lowest BCUT2D eigenvalue weighted by Crippen LogP contribution is -2.26. The van der Waals surface area contributed by atoms with Crippen molar-refractivity contribution in [3.05, 3.63) is 24.0 Å². The molecular weight excluding hydrogens is 224 g/mol. The summed E-state index contributed by atoms with van der Waals surface area (Å²) in [5.74, 6) is 1.41. The Morgan fingerprint density at radius 3 is 2.61 bits per heavy atom. The molecule has 0 aromatic carbocycles. The van der Waals surface area contributed by atoms with Crippen LogP contribution in [-0.2, 0) is 0 Å². The number of ether oxygens (including phenoxy) is 1. The van der Waals surface area contributed by atoms with Crippen molar-refractivity contribution in [2.24, 2.45) is 5.92 Å². The third kappa shape index (κ3) is 4.65. The van der Waals surface area contributed by atoms with E-state index in [-0.39, 0.29) is 0 Å². The van der Waals surface area contributed by atoms with Crippen LogP contribution < -0.4 is 10.1 Å². The lowest BCUT2D eigenvalue weighted by Gasteiger charge is -2.23. The van der Waals surface area contributed by atoms with Crippen molar-refractivity contribution in [1.82, 2.24) is 10.3 Å². The van der Waals surface area contributed by atoms with Gasteiger partial charge in [-0.25, -0.2) is 0 Å². The highest BCUT2D eigenvalue weighted by atomic mass is 16.5. The van der Waals surface area contributed by atoms with E-state index in [1.54, 1.807) is 6.20 Å². The van der Waals surface area contributed by atoms with Gasteiger partial charge < -0.3 is 10.1 Å². The number of nitrogens with zero attached hydrogens (tertiary/aromatic N) is 1. The largest absolute Gasteiger partial charge is 0.492 e. The number of rotatable bonds is 8. The molecule has 1 atom stereocenters. The van der Waals surface area contributed by atoms with Gasteiger partial charge in [0, 0.05) is 12.2 Å². The zero-order valence-corrected chi connectivity index (χ0v) is 12.1. The van der Waals surface area contributed by atoms with Gasteiger partial charge in [-0.2, -0.15) is 0 Å². The summed E-state index contributed by atoms with van der Waals surface area (Å²) < 4.78 is 5.64. The standard InChI is InChI=1S/C15H26N2O/c1-5-7-17-15(12(3)4)13-9-14(11-16-10-13)18-8-6-2/h9-12,15,17H,5-8H2,1-4H3. The van der Waals surface area contributed by atoms with E-state index in [0.29, 0.717) is 12.0 Å². The molecule has 1 rings (SSSR count). The van der Waals surface area contributed by atoms with Gasteiger partial charge in [0.2, 0.25) is 0 Å². The third-order valence-electron chi connectivity index (χ3n) is 2.85. The zero-order valence-electron chi connectivity index (χ0n) is 12.1. The van der Waals surface area contributed by atoms with Gasteiger partial charge in [0.25, 0.3) is 0 Å². The number of nitrogens with one attached hydrogen (secondary N) is 1. The maximum Gasteiger partial charge on any atom is 0.137 e. The maximum absolute atomic E-state index is 5.64. The zero-order chi connectivity index (χ0) is 13.4. The first kappa shape index (κ1) is 15.0. The molecule has 3 heteroatoms. The van der Waals surface area contributed by atoms with Gasteiger partial charge in [-0.15, -0.1) is 0 Å². The summed E-state index contributed by atoms with van der Waals surface area (Å²) in [5.41, 5.74) is 1.21. The topological polar surface area (TPSA) is 34.2 Å². The highest BCUT2D eigenvalue weighted by molar-refractivity contribution is 5.26. The van der Waals surface area contributed by atoms with E-state index in [9.17, 15) is 0 Å². The molecular formula is C15H26N2O. The molecule has 3 nitrogen and oxygen atoms in total. The van der Waals surface area contributed by atoms with Crippen molar-refractivity contribution in [3.63, 3.8) is 0 Å². The first-order chi connectivity index (χ1) is 8.69. The molecule has 1 unspecified atom stereocenters. The Labute approximate surface area is 111 Å². The quantitative estimate of drug-likeness (QED) is 0.766. The first-order valence-electron chi connectivity index (χ1n) is 7.00. The minimum atomic E-state index is 0.350. The lowest BCUT2D eigenvalue weighted by molar-refractivity contribution is 0.314. The molecule has 1 N–H and O–H groups in total. The third-order valence-corrected chi connectivity index (χ3v) is 2.85. The van der Waals surface area contributed by atoms with Gasteiger partial charge in [-0.3, -0.25) is 4.98 Å². The van der Waals surface area contributed by atoms with Crippen LogP contribution in [0.15, 0.2) is 18.5 Å². The molecule has 18 heavy (non-hydrogen) atoms. The fraction of sp³-hybridized carbons (Fsp3) is 0.667. The molecule has 102 valence electrons. The molecule has 0 aliphatic heterocycles. The molecule has 0 saturated carbocycles. The van der Waals surface area contributed by atoms with Gasteiger partial charge in [0.15, 0.2) is 0 Å². The molecule has 0 aliphatic rings. The number of hydrogen-bond acceptors (Lipinski definition) is 3. The maximum atomic E-state index is 5.64. The molecule has 0 aliphatic carbocycles. The van der Waals surface area contributed by atoms with Crippen LogP contribution in [0.5, 0.6) is 5.75 Å². The summed E-state index contributed by atoms with van der Waals surface area (Å²) in [5, 5.41) is 3.57. The summed E-state index contributed by atoms with van der Waals surface area (Å²) in [6.07, 6.45) is 5.89. The molecule has 1 aromatic heterocycles. The van der Waals surface area contributed by atoms with Crippen LogP contribution in [0.2, 0.25) is 0 Å². The molecule has 0 fully saturated rings. The van der Waals surface area contributed by atoms with E-state index in [1.165, 1.54) is 5.56 Å². The predicted molar refractivity (Wildman–Crippen MR) is 75.9 cm³/mol. The summed E-state index contributed by atoms with van der Waals surface area (Å²) in [4.78, 5) is 4.28. The van der Waals surface area contributed by atoms with Crippen molar-refractivity contribution in [1.29, 1.82) is 0 Å². The van der Waals surface area contributed by atoms with Crippen molar-refractivity contribution < 1.29 is 4.74 Å². The lowest BCUT2D eigenvalue weighted by atomic mass is 9.97. The summed E-state index contributed by atoms with van der Waals surface area (Å²) in [6.45, 7) is 10.5. The smallest absolute Gasteiger partial charge is 0.137 e. The van der Waals surface area contributed by atoms with Gasteiger partial charge >= 0.3 is 0 Å². The first-order valence-corrected chi connectivity index (χ1v) is 7.00. The van der Waals surface area contributed by atoms with Crippen LogP contribution in [0.3, 0.4) is 0 Å². The SMILES string of the molecule is CCCNC(c1cncc(OCCC)c1)C(C)C. The van der Waals surface area contributed by atoms with Gasteiger partial charge in [0.1, 0.15) is 5.75 Å². The fourth-order valence-corrected chi connectivity index (χ4v) is 1.94. The molecule has 0 radical (unpaired) electrons. The van der Waals surface area contributed by atoms with Crippen molar-refractivity contribution in [2.45, 2.75) is 46.6 Å². The van der Waals surface area contributed by atoms with E-state index in [4.69, 9.17) is 4.74 Å². The minimum absolute atomic E-state index is 0.350. The Morgan fingerprint density at radius 2 is 2.00 bits per heavy atom. The molecule has 0 bridgehead atoms. The van der Waals surface area contributed by atoms with Crippen molar-refractivity contribution in [2.75, 3.05) is 13.2 Å². The van der Waals surface area contributed by atoms with Gasteiger partial charge in [-0.05, 0) is 36.9 Å². The second kappa shape index (κ2) is 8.09. The van der Waals surface area contributed by atoms with Crippen LogP contribution in [0, 0.1) is 5.92 Å². The van der Waals surface area contributed by atoms with Crippen LogP contribution in [0.4, 0.5) is 0 Å². The van der Waals surface area contributed by atoms with Crippen molar-refractivity contribution >= 4 is 0 Å².